The Morgan fingerprint density at radius 3 is 2.53 bits per heavy atom. The summed E-state index contributed by atoms with van der Waals surface area (Å²) in [5.41, 5.74) is 0.427. The molecule has 0 unspecified atom stereocenters. The van der Waals surface area contributed by atoms with E-state index in [-0.39, 0.29) is 5.71 Å². The van der Waals surface area contributed by atoms with Crippen molar-refractivity contribution in [2.75, 3.05) is 7.11 Å². The van der Waals surface area contributed by atoms with E-state index in [0.717, 1.165) is 10.8 Å². The monoisotopic (exact) mass is 229 g/mol. The molecule has 0 aromatic heterocycles. The Morgan fingerprint density at radius 2 is 1.88 bits per heavy atom. The number of carbonyl (C=O) groups is 1. The molecule has 0 bridgehead atoms. The second-order valence-corrected chi connectivity index (χ2v) is 3.49. The van der Waals surface area contributed by atoms with Crippen LogP contribution in [0.4, 0.5) is 0 Å². The molecule has 0 radical (unpaired) electrons. The van der Waals surface area contributed by atoms with Gasteiger partial charge in [-0.3, -0.25) is 0 Å². The number of fused-ring (bicyclic) bond motifs is 1. The van der Waals surface area contributed by atoms with E-state index >= 15 is 0 Å². The van der Waals surface area contributed by atoms with E-state index < -0.39 is 5.97 Å². The van der Waals surface area contributed by atoms with Gasteiger partial charge in [-0.25, -0.2) is 4.79 Å². The average Bonchev–Trinajstić information content (AvgIpc) is 2.35. The molecule has 0 heterocycles. The van der Waals surface area contributed by atoms with Gasteiger partial charge in [-0.1, -0.05) is 41.6 Å². The van der Waals surface area contributed by atoms with Crippen LogP contribution in [0.25, 0.3) is 10.8 Å². The molecular formula is C13H11NO3. The smallest absolute Gasteiger partial charge is 0.358 e. The van der Waals surface area contributed by atoms with E-state index in [1.165, 1.54) is 7.11 Å². The summed E-state index contributed by atoms with van der Waals surface area (Å²) in [6.45, 7) is 0. The minimum Gasteiger partial charge on any atom is -0.476 e. The van der Waals surface area contributed by atoms with Gasteiger partial charge in [0.1, 0.15) is 7.11 Å². The minimum atomic E-state index is -1.11. The molecule has 2 rings (SSSR count). The Labute approximate surface area is 98.1 Å². The number of rotatable bonds is 3. The predicted octanol–water partition coefficient (Wildman–Crippen LogP) is 2.27. The molecule has 0 spiro atoms. The van der Waals surface area contributed by atoms with Gasteiger partial charge in [0.2, 0.25) is 0 Å². The first-order valence-electron chi connectivity index (χ1n) is 5.06. The fraction of sp³-hybridized carbons (Fsp3) is 0.0769. The molecule has 0 saturated heterocycles. The Morgan fingerprint density at radius 1 is 1.18 bits per heavy atom. The molecule has 1 N–H and O–H groups in total. The molecule has 86 valence electrons. The summed E-state index contributed by atoms with van der Waals surface area (Å²) < 4.78 is 0. The van der Waals surface area contributed by atoms with E-state index in [4.69, 9.17) is 5.11 Å². The van der Waals surface area contributed by atoms with Crippen LogP contribution in [0.1, 0.15) is 5.56 Å². The van der Waals surface area contributed by atoms with Crippen molar-refractivity contribution in [1.29, 1.82) is 0 Å². The lowest BCUT2D eigenvalue weighted by Gasteiger charge is -2.03. The van der Waals surface area contributed by atoms with Crippen molar-refractivity contribution >= 4 is 22.5 Å². The molecule has 0 fully saturated rings. The number of carboxylic acid groups (broad SMARTS) is 1. The summed E-state index contributed by atoms with van der Waals surface area (Å²) in [5, 5.41) is 14.6. The normalized spacial score (nSPS) is 11.5. The molecule has 2 aromatic carbocycles. The highest BCUT2D eigenvalue weighted by molar-refractivity contribution is 6.42. The molecule has 0 saturated carbocycles. The van der Waals surface area contributed by atoms with Gasteiger partial charge < -0.3 is 9.94 Å². The van der Waals surface area contributed by atoms with Crippen LogP contribution >= 0.6 is 0 Å². The lowest BCUT2D eigenvalue weighted by molar-refractivity contribution is -0.129. The first-order chi connectivity index (χ1) is 8.22. The molecule has 2 aromatic rings. The number of aliphatic carboxylic acids is 1. The van der Waals surface area contributed by atoms with Gasteiger partial charge in [0.25, 0.3) is 0 Å². The summed E-state index contributed by atoms with van der Waals surface area (Å²) in [7, 11) is 1.32. The van der Waals surface area contributed by atoms with Crippen LogP contribution in [0.2, 0.25) is 0 Å². The maximum atomic E-state index is 11.0. The number of oxime groups is 1. The highest BCUT2D eigenvalue weighted by Gasteiger charge is 2.13. The predicted molar refractivity (Wildman–Crippen MR) is 65.1 cm³/mol. The number of benzene rings is 2. The SMILES string of the molecule is CO/N=C(/C(=O)O)c1ccc2ccccc2c1. The van der Waals surface area contributed by atoms with Crippen molar-refractivity contribution in [3.63, 3.8) is 0 Å². The highest BCUT2D eigenvalue weighted by Crippen LogP contribution is 2.16. The number of nitrogens with zero attached hydrogens (tertiary/aromatic N) is 1. The van der Waals surface area contributed by atoms with Crippen molar-refractivity contribution < 1.29 is 14.7 Å². The summed E-state index contributed by atoms with van der Waals surface area (Å²) in [6, 6.07) is 13.1. The lowest BCUT2D eigenvalue weighted by atomic mass is 10.0. The largest absolute Gasteiger partial charge is 0.476 e. The van der Waals surface area contributed by atoms with Gasteiger partial charge in [-0.05, 0) is 16.8 Å². The molecule has 0 aliphatic heterocycles. The number of hydrogen-bond donors (Lipinski definition) is 1. The van der Waals surface area contributed by atoms with Gasteiger partial charge in [-0.2, -0.15) is 0 Å². The van der Waals surface area contributed by atoms with Crippen LogP contribution in [0.3, 0.4) is 0 Å². The molecular weight excluding hydrogens is 218 g/mol. The topological polar surface area (TPSA) is 58.9 Å². The van der Waals surface area contributed by atoms with Crippen LogP contribution < -0.4 is 0 Å². The Hall–Kier alpha value is -2.36. The van der Waals surface area contributed by atoms with Crippen LogP contribution in [0, 0.1) is 0 Å². The van der Waals surface area contributed by atoms with Gasteiger partial charge in [-0.15, -0.1) is 0 Å². The third-order valence-electron chi connectivity index (χ3n) is 2.41. The third kappa shape index (κ3) is 2.25. The fourth-order valence-corrected chi connectivity index (χ4v) is 1.64. The first kappa shape index (κ1) is 11.1. The number of hydrogen-bond acceptors (Lipinski definition) is 3. The zero-order valence-corrected chi connectivity index (χ0v) is 9.25. The second kappa shape index (κ2) is 4.65. The first-order valence-corrected chi connectivity index (χ1v) is 5.06. The van der Waals surface area contributed by atoms with E-state index in [2.05, 4.69) is 9.99 Å². The van der Waals surface area contributed by atoms with E-state index in [1.807, 2.05) is 30.3 Å². The van der Waals surface area contributed by atoms with Crippen LogP contribution in [0.15, 0.2) is 47.6 Å². The van der Waals surface area contributed by atoms with Gasteiger partial charge >= 0.3 is 5.97 Å². The van der Waals surface area contributed by atoms with E-state index in [0.29, 0.717) is 5.56 Å². The standard InChI is InChI=1S/C13H11NO3/c1-17-14-12(13(15)16)11-7-6-9-4-2-3-5-10(9)8-11/h2-8H,1H3,(H,15,16)/b14-12+. The molecule has 0 aliphatic carbocycles. The Balaban J connectivity index is 2.55. The van der Waals surface area contributed by atoms with Crippen molar-refractivity contribution in [3.8, 4) is 0 Å². The van der Waals surface area contributed by atoms with Crippen LogP contribution in [-0.4, -0.2) is 23.9 Å². The van der Waals surface area contributed by atoms with Crippen molar-refractivity contribution in [3.05, 3.63) is 48.0 Å². The molecule has 0 atom stereocenters. The van der Waals surface area contributed by atoms with Crippen LogP contribution in [0.5, 0.6) is 0 Å². The summed E-state index contributed by atoms with van der Waals surface area (Å²) in [5.74, 6) is -1.11. The third-order valence-corrected chi connectivity index (χ3v) is 2.41. The Bertz CT molecular complexity index is 590. The molecule has 4 heteroatoms. The number of carboxylic acids is 1. The van der Waals surface area contributed by atoms with E-state index in [9.17, 15) is 4.79 Å². The Kier molecular flexibility index (Phi) is 3.05. The molecule has 4 nitrogen and oxygen atoms in total. The van der Waals surface area contributed by atoms with Gasteiger partial charge in [0, 0.05) is 5.56 Å². The van der Waals surface area contributed by atoms with Crippen molar-refractivity contribution in [2.45, 2.75) is 0 Å². The maximum absolute atomic E-state index is 11.0. The summed E-state index contributed by atoms with van der Waals surface area (Å²) in [6.07, 6.45) is 0. The highest BCUT2D eigenvalue weighted by atomic mass is 16.6. The van der Waals surface area contributed by atoms with Gasteiger partial charge in [0.05, 0.1) is 0 Å². The molecule has 0 amide bonds. The van der Waals surface area contributed by atoms with E-state index in [1.54, 1.807) is 12.1 Å². The summed E-state index contributed by atoms with van der Waals surface area (Å²) in [4.78, 5) is 15.6. The van der Waals surface area contributed by atoms with Crippen LogP contribution in [-0.2, 0) is 9.63 Å². The summed E-state index contributed by atoms with van der Waals surface area (Å²) >= 11 is 0. The van der Waals surface area contributed by atoms with Crippen molar-refractivity contribution in [1.82, 2.24) is 0 Å². The second-order valence-electron chi connectivity index (χ2n) is 3.49. The molecule has 0 aliphatic rings. The van der Waals surface area contributed by atoms with Gasteiger partial charge in [0.15, 0.2) is 5.71 Å². The lowest BCUT2D eigenvalue weighted by Crippen LogP contribution is -2.14. The quantitative estimate of drug-likeness (QED) is 0.648. The maximum Gasteiger partial charge on any atom is 0.358 e. The zero-order valence-electron chi connectivity index (χ0n) is 9.25. The van der Waals surface area contributed by atoms with Crippen molar-refractivity contribution in [2.24, 2.45) is 5.16 Å². The average molecular weight is 229 g/mol. The molecule has 17 heavy (non-hydrogen) atoms. The zero-order chi connectivity index (χ0) is 12.3. The fourth-order valence-electron chi connectivity index (χ4n) is 1.64. The minimum absolute atomic E-state index is 0.0988.